The number of rotatable bonds is 11. The summed E-state index contributed by atoms with van der Waals surface area (Å²) in [6.45, 7) is 4.09. The molecule has 0 spiro atoms. The molecule has 2 rings (SSSR count). The molecule has 2 aromatic rings. The van der Waals surface area contributed by atoms with Gasteiger partial charge in [-0.3, -0.25) is 4.79 Å². The van der Waals surface area contributed by atoms with Crippen molar-refractivity contribution in [2.45, 2.75) is 26.5 Å². The van der Waals surface area contributed by atoms with Gasteiger partial charge in [-0.2, -0.15) is 5.26 Å². The normalized spacial score (nSPS) is 11.2. The van der Waals surface area contributed by atoms with E-state index < -0.39 is 12.1 Å². The lowest BCUT2D eigenvalue weighted by Crippen LogP contribution is -2.30. The van der Waals surface area contributed by atoms with Crippen molar-refractivity contribution in [3.63, 3.8) is 0 Å². The van der Waals surface area contributed by atoms with E-state index in [9.17, 15) is 9.59 Å². The molecule has 8 nitrogen and oxygen atoms in total. The van der Waals surface area contributed by atoms with Crippen molar-refractivity contribution < 1.29 is 28.5 Å². The Labute approximate surface area is 181 Å². The molecule has 8 heteroatoms. The van der Waals surface area contributed by atoms with Gasteiger partial charge in [-0.1, -0.05) is 18.2 Å². The zero-order chi connectivity index (χ0) is 22.6. The topological polar surface area (TPSA) is 107 Å². The Kier molecular flexibility index (Phi) is 9.33. The van der Waals surface area contributed by atoms with Crippen molar-refractivity contribution >= 4 is 11.9 Å². The van der Waals surface area contributed by atoms with Gasteiger partial charge in [0.1, 0.15) is 0 Å². The fraction of sp³-hybridized carbons (Fsp3) is 0.348. The van der Waals surface area contributed by atoms with Gasteiger partial charge in [0.25, 0.3) is 5.91 Å². The molecular weight excluding hydrogens is 400 g/mol. The highest BCUT2D eigenvalue weighted by Crippen LogP contribution is 2.31. The second-order valence-corrected chi connectivity index (χ2v) is 6.37. The summed E-state index contributed by atoms with van der Waals surface area (Å²) in [5, 5.41) is 11.7. The highest BCUT2D eigenvalue weighted by Gasteiger charge is 2.23. The number of ether oxygens (including phenoxy) is 4. The minimum Gasteiger partial charge on any atom is -0.493 e. The molecule has 0 radical (unpaired) electrons. The summed E-state index contributed by atoms with van der Waals surface area (Å²) in [7, 11) is 1.48. The van der Waals surface area contributed by atoms with E-state index >= 15 is 0 Å². The number of amides is 1. The first-order valence-corrected chi connectivity index (χ1v) is 9.87. The van der Waals surface area contributed by atoms with Crippen LogP contribution >= 0.6 is 0 Å². The first-order chi connectivity index (χ1) is 15.0. The van der Waals surface area contributed by atoms with Crippen molar-refractivity contribution in [2.75, 3.05) is 26.9 Å². The summed E-state index contributed by atoms with van der Waals surface area (Å²) in [4.78, 5) is 24.4. The van der Waals surface area contributed by atoms with Gasteiger partial charge in [-0.05, 0) is 49.2 Å². The number of hydrogen-bond donors (Lipinski definition) is 1. The molecule has 31 heavy (non-hydrogen) atoms. The summed E-state index contributed by atoms with van der Waals surface area (Å²) in [5.41, 5.74) is 1.96. The minimum absolute atomic E-state index is 0.255. The van der Waals surface area contributed by atoms with Gasteiger partial charge < -0.3 is 24.3 Å². The molecule has 1 amide bonds. The Morgan fingerprint density at radius 1 is 1.06 bits per heavy atom. The second-order valence-electron chi connectivity index (χ2n) is 6.37. The zero-order valence-corrected chi connectivity index (χ0v) is 17.8. The Morgan fingerprint density at radius 3 is 2.42 bits per heavy atom. The van der Waals surface area contributed by atoms with Crippen molar-refractivity contribution in [1.29, 1.82) is 5.26 Å². The average molecular weight is 426 g/mol. The second kappa shape index (κ2) is 12.2. The maximum Gasteiger partial charge on any atom is 0.344 e. The van der Waals surface area contributed by atoms with Crippen molar-refractivity contribution in [3.8, 4) is 17.6 Å². The van der Waals surface area contributed by atoms with Crippen LogP contribution in [0.1, 0.15) is 36.6 Å². The highest BCUT2D eigenvalue weighted by atomic mass is 16.6. The fourth-order valence-electron chi connectivity index (χ4n) is 2.78. The SMILES string of the molecule is CCOC(=O)COc1cc(C(OCC)C(=O)NCc2ccc(C#N)cc2)ccc1OC. The molecule has 2 aromatic carbocycles. The third kappa shape index (κ3) is 7.01. The molecule has 0 saturated carbocycles. The predicted octanol–water partition coefficient (Wildman–Crippen LogP) is 2.90. The number of esters is 1. The van der Waals surface area contributed by atoms with Crippen molar-refractivity contribution in [3.05, 3.63) is 59.2 Å². The van der Waals surface area contributed by atoms with Crippen LogP contribution in [0.15, 0.2) is 42.5 Å². The summed E-state index contributed by atoms with van der Waals surface area (Å²) in [5.74, 6) is -0.108. The number of nitriles is 1. The van der Waals surface area contributed by atoms with E-state index in [2.05, 4.69) is 11.4 Å². The quantitative estimate of drug-likeness (QED) is 0.551. The predicted molar refractivity (Wildman–Crippen MR) is 112 cm³/mol. The van der Waals surface area contributed by atoms with Crippen LogP contribution < -0.4 is 14.8 Å². The summed E-state index contributed by atoms with van der Waals surface area (Å²) in [6.07, 6.45) is -0.876. The number of carbonyl (C=O) groups excluding carboxylic acids is 2. The molecule has 0 aliphatic heterocycles. The lowest BCUT2D eigenvalue weighted by molar-refractivity contribution is -0.145. The van der Waals surface area contributed by atoms with Crippen LogP contribution in [0, 0.1) is 11.3 Å². The smallest absolute Gasteiger partial charge is 0.344 e. The monoisotopic (exact) mass is 426 g/mol. The molecule has 1 N–H and O–H groups in total. The van der Waals surface area contributed by atoms with Gasteiger partial charge in [0, 0.05) is 13.2 Å². The fourth-order valence-corrected chi connectivity index (χ4v) is 2.78. The number of carbonyl (C=O) groups is 2. The average Bonchev–Trinajstić information content (AvgIpc) is 2.80. The molecule has 1 unspecified atom stereocenters. The van der Waals surface area contributed by atoms with Gasteiger partial charge in [0.15, 0.2) is 24.2 Å². The lowest BCUT2D eigenvalue weighted by Gasteiger charge is -2.19. The van der Waals surface area contributed by atoms with E-state index in [0.29, 0.717) is 29.2 Å². The molecule has 1 atom stereocenters. The Bertz CT molecular complexity index is 921. The van der Waals surface area contributed by atoms with Crippen molar-refractivity contribution in [2.24, 2.45) is 0 Å². The first kappa shape index (κ1) is 23.7. The Morgan fingerprint density at radius 2 is 1.81 bits per heavy atom. The van der Waals surface area contributed by atoms with E-state index in [-0.39, 0.29) is 25.7 Å². The molecule has 0 heterocycles. The molecular formula is C23H26N2O6. The number of hydrogen-bond acceptors (Lipinski definition) is 7. The summed E-state index contributed by atoms with van der Waals surface area (Å²) >= 11 is 0. The van der Waals surface area contributed by atoms with Crippen LogP contribution in [0.2, 0.25) is 0 Å². The molecule has 0 fully saturated rings. The first-order valence-electron chi connectivity index (χ1n) is 9.87. The Hall–Kier alpha value is -3.57. The molecule has 0 aliphatic rings. The largest absolute Gasteiger partial charge is 0.493 e. The van der Waals surface area contributed by atoms with E-state index in [1.165, 1.54) is 7.11 Å². The minimum atomic E-state index is -0.876. The highest BCUT2D eigenvalue weighted by molar-refractivity contribution is 5.82. The number of benzene rings is 2. The van der Waals surface area contributed by atoms with E-state index in [4.69, 9.17) is 24.2 Å². The van der Waals surface area contributed by atoms with E-state index in [0.717, 1.165) is 5.56 Å². The summed E-state index contributed by atoms with van der Waals surface area (Å²) in [6, 6.07) is 14.0. The van der Waals surface area contributed by atoms with Crippen LogP contribution in [-0.4, -0.2) is 38.8 Å². The number of nitrogens with one attached hydrogen (secondary N) is 1. The number of methoxy groups -OCH3 is 1. The number of nitrogens with zero attached hydrogens (tertiary/aromatic N) is 1. The molecule has 0 bridgehead atoms. The van der Waals surface area contributed by atoms with Crippen LogP contribution in [0.4, 0.5) is 0 Å². The van der Waals surface area contributed by atoms with Crippen LogP contribution in [0.5, 0.6) is 11.5 Å². The summed E-state index contributed by atoms with van der Waals surface area (Å²) < 4.78 is 21.3. The molecule has 0 aromatic heterocycles. The Balaban J connectivity index is 2.14. The zero-order valence-electron chi connectivity index (χ0n) is 17.8. The van der Waals surface area contributed by atoms with E-state index in [1.807, 2.05) is 0 Å². The third-order valence-electron chi connectivity index (χ3n) is 4.26. The van der Waals surface area contributed by atoms with Crippen LogP contribution in [-0.2, 0) is 25.6 Å². The van der Waals surface area contributed by atoms with Gasteiger partial charge in [-0.15, -0.1) is 0 Å². The van der Waals surface area contributed by atoms with Gasteiger partial charge in [0.2, 0.25) is 0 Å². The van der Waals surface area contributed by atoms with Gasteiger partial charge in [-0.25, -0.2) is 4.79 Å². The van der Waals surface area contributed by atoms with Crippen LogP contribution in [0.25, 0.3) is 0 Å². The maximum absolute atomic E-state index is 12.8. The van der Waals surface area contributed by atoms with Crippen molar-refractivity contribution in [1.82, 2.24) is 5.32 Å². The standard InChI is InChI=1S/C23H26N2O6/c1-4-29-21(26)15-31-20-12-18(10-11-19(20)28-3)22(30-5-2)23(27)25-14-17-8-6-16(13-24)7-9-17/h6-12,22H,4-5,14-15H2,1-3H3,(H,25,27). The molecule has 164 valence electrons. The lowest BCUT2D eigenvalue weighted by atomic mass is 10.1. The van der Waals surface area contributed by atoms with Crippen LogP contribution in [0.3, 0.4) is 0 Å². The molecule has 0 aliphatic carbocycles. The van der Waals surface area contributed by atoms with E-state index in [1.54, 1.807) is 56.3 Å². The van der Waals surface area contributed by atoms with Gasteiger partial charge in [0.05, 0.1) is 25.3 Å². The molecule has 0 saturated heterocycles. The maximum atomic E-state index is 12.8. The van der Waals surface area contributed by atoms with Gasteiger partial charge >= 0.3 is 5.97 Å². The third-order valence-corrected chi connectivity index (χ3v) is 4.26.